The zero-order chi connectivity index (χ0) is 22.6. The van der Waals surface area contributed by atoms with Gasteiger partial charge in [-0.05, 0) is 30.3 Å². The largest absolute Gasteiger partial charge is 0.495 e. The number of sulfonamides is 1. The molecule has 0 saturated carbocycles. The molecule has 10 heteroatoms. The van der Waals surface area contributed by atoms with E-state index in [0.717, 1.165) is 0 Å². The van der Waals surface area contributed by atoms with Crippen molar-refractivity contribution in [3.05, 3.63) is 35.9 Å². The molecule has 0 fully saturated rings. The van der Waals surface area contributed by atoms with E-state index in [1.54, 1.807) is 19.9 Å². The quantitative estimate of drug-likeness (QED) is 0.660. The van der Waals surface area contributed by atoms with Crippen molar-refractivity contribution in [3.8, 4) is 23.0 Å². The van der Waals surface area contributed by atoms with Gasteiger partial charge in [-0.2, -0.15) is 4.31 Å². The maximum absolute atomic E-state index is 13.0. The summed E-state index contributed by atoms with van der Waals surface area (Å²) in [6.07, 6.45) is 0. The Morgan fingerprint density at radius 1 is 1.03 bits per heavy atom. The van der Waals surface area contributed by atoms with Gasteiger partial charge < -0.3 is 24.3 Å². The van der Waals surface area contributed by atoms with Gasteiger partial charge >= 0.3 is 0 Å². The molecule has 0 spiro atoms. The molecule has 3 rings (SSSR count). The molecule has 0 saturated heterocycles. The number of nitrogens with one attached hydrogen (secondary N) is 1. The Kier molecular flexibility index (Phi) is 6.91. The highest BCUT2D eigenvalue weighted by molar-refractivity contribution is 7.89. The van der Waals surface area contributed by atoms with Crippen molar-refractivity contribution in [2.24, 2.45) is 0 Å². The molecule has 0 aromatic heterocycles. The molecule has 1 aliphatic heterocycles. The molecule has 0 bridgehead atoms. The maximum atomic E-state index is 13.0. The number of hydrogen-bond acceptors (Lipinski definition) is 7. The zero-order valence-electron chi connectivity index (χ0n) is 17.9. The molecular formula is C21H26N2O7S. The standard InChI is InChI=1S/C21H26N2O7S/c1-5-23(6-2)31(25,26)15-7-8-17(27-3)16(13-15)22-21(24)14-11-18(28-4)20-19(12-14)29-9-10-30-20/h7-8,11-13H,5-6,9-10H2,1-4H3,(H,22,24). The van der Waals surface area contributed by atoms with E-state index in [0.29, 0.717) is 49.3 Å². The monoisotopic (exact) mass is 450 g/mol. The Labute approximate surface area is 181 Å². The lowest BCUT2D eigenvalue weighted by Gasteiger charge is -2.21. The Morgan fingerprint density at radius 2 is 1.71 bits per heavy atom. The minimum absolute atomic E-state index is 0.0621. The van der Waals surface area contributed by atoms with E-state index in [2.05, 4.69) is 5.32 Å². The van der Waals surface area contributed by atoms with Gasteiger partial charge in [0.1, 0.15) is 19.0 Å². The van der Waals surface area contributed by atoms with Crippen molar-refractivity contribution in [1.82, 2.24) is 4.31 Å². The van der Waals surface area contributed by atoms with Crippen LogP contribution in [0.25, 0.3) is 0 Å². The SMILES string of the molecule is CCN(CC)S(=O)(=O)c1ccc(OC)c(NC(=O)c2cc(OC)c3c(c2)OCCO3)c1. The first kappa shape index (κ1) is 22.7. The van der Waals surface area contributed by atoms with E-state index in [4.69, 9.17) is 18.9 Å². The first-order valence-corrected chi connectivity index (χ1v) is 11.3. The van der Waals surface area contributed by atoms with Crippen molar-refractivity contribution in [1.29, 1.82) is 0 Å². The molecule has 0 radical (unpaired) electrons. The molecule has 0 aliphatic carbocycles. The number of benzene rings is 2. The fourth-order valence-electron chi connectivity index (χ4n) is 3.26. The topological polar surface area (TPSA) is 103 Å². The molecule has 0 atom stereocenters. The molecule has 1 heterocycles. The van der Waals surface area contributed by atoms with Crippen LogP contribution in [-0.4, -0.2) is 59.2 Å². The lowest BCUT2D eigenvalue weighted by molar-refractivity contribution is 0.102. The van der Waals surface area contributed by atoms with Crippen molar-refractivity contribution in [2.75, 3.05) is 45.8 Å². The number of anilines is 1. The Bertz CT molecular complexity index is 1050. The summed E-state index contributed by atoms with van der Waals surface area (Å²) in [4.78, 5) is 13.0. The third-order valence-electron chi connectivity index (χ3n) is 4.85. The Morgan fingerprint density at radius 3 is 2.35 bits per heavy atom. The molecule has 2 aromatic rings. The summed E-state index contributed by atoms with van der Waals surface area (Å²) in [5.74, 6) is 1.06. The predicted octanol–water partition coefficient (Wildman–Crippen LogP) is 2.76. The second kappa shape index (κ2) is 9.44. The normalized spacial score (nSPS) is 13.1. The number of fused-ring (bicyclic) bond motifs is 1. The van der Waals surface area contributed by atoms with Gasteiger partial charge in [-0.1, -0.05) is 13.8 Å². The second-order valence-electron chi connectivity index (χ2n) is 6.61. The highest BCUT2D eigenvalue weighted by atomic mass is 32.2. The molecule has 1 aliphatic rings. The van der Waals surface area contributed by atoms with Crippen LogP contribution in [0.4, 0.5) is 5.69 Å². The van der Waals surface area contributed by atoms with E-state index in [-0.39, 0.29) is 16.1 Å². The van der Waals surface area contributed by atoms with Gasteiger partial charge in [0.05, 0.1) is 24.8 Å². The first-order chi connectivity index (χ1) is 14.8. The van der Waals surface area contributed by atoms with Crippen LogP contribution in [0.3, 0.4) is 0 Å². The minimum atomic E-state index is -3.70. The average Bonchev–Trinajstić information content (AvgIpc) is 2.78. The van der Waals surface area contributed by atoms with Crippen LogP contribution in [0.5, 0.6) is 23.0 Å². The van der Waals surface area contributed by atoms with E-state index < -0.39 is 15.9 Å². The van der Waals surface area contributed by atoms with Crippen molar-refractivity contribution >= 4 is 21.6 Å². The van der Waals surface area contributed by atoms with Gasteiger partial charge in [0.25, 0.3) is 5.91 Å². The summed E-state index contributed by atoms with van der Waals surface area (Å²) in [5.41, 5.74) is 0.495. The first-order valence-electron chi connectivity index (χ1n) is 9.82. The van der Waals surface area contributed by atoms with Crippen molar-refractivity contribution in [2.45, 2.75) is 18.7 Å². The molecular weight excluding hydrogens is 424 g/mol. The van der Waals surface area contributed by atoms with Gasteiger partial charge in [-0.25, -0.2) is 8.42 Å². The van der Waals surface area contributed by atoms with Crippen LogP contribution in [0, 0.1) is 0 Å². The van der Waals surface area contributed by atoms with Gasteiger partial charge in [0, 0.05) is 18.7 Å². The van der Waals surface area contributed by atoms with Gasteiger partial charge in [0.15, 0.2) is 11.5 Å². The Hall–Kier alpha value is -2.98. The lowest BCUT2D eigenvalue weighted by atomic mass is 10.1. The number of nitrogens with zero attached hydrogens (tertiary/aromatic N) is 1. The Balaban J connectivity index is 1.96. The summed E-state index contributed by atoms with van der Waals surface area (Å²) < 4.78 is 48.8. The molecule has 2 aromatic carbocycles. The number of hydrogen-bond donors (Lipinski definition) is 1. The van der Waals surface area contributed by atoms with Gasteiger partial charge in [-0.15, -0.1) is 0 Å². The van der Waals surface area contributed by atoms with Crippen molar-refractivity contribution in [3.63, 3.8) is 0 Å². The fourth-order valence-corrected chi connectivity index (χ4v) is 4.74. The number of ether oxygens (including phenoxy) is 4. The van der Waals surface area contributed by atoms with Crippen LogP contribution in [-0.2, 0) is 10.0 Å². The minimum Gasteiger partial charge on any atom is -0.495 e. The molecule has 31 heavy (non-hydrogen) atoms. The third kappa shape index (κ3) is 4.54. The van der Waals surface area contributed by atoms with Crippen LogP contribution < -0.4 is 24.3 Å². The maximum Gasteiger partial charge on any atom is 0.256 e. The predicted molar refractivity (Wildman–Crippen MR) is 115 cm³/mol. The summed E-state index contributed by atoms with van der Waals surface area (Å²) in [6.45, 7) is 4.96. The average molecular weight is 451 g/mol. The fraction of sp³-hybridized carbons (Fsp3) is 0.381. The lowest BCUT2D eigenvalue weighted by Crippen LogP contribution is -2.30. The van der Waals surface area contributed by atoms with Crippen molar-refractivity contribution < 1.29 is 32.2 Å². The molecule has 0 unspecified atom stereocenters. The number of methoxy groups -OCH3 is 2. The molecule has 168 valence electrons. The van der Waals surface area contributed by atoms with Gasteiger partial charge in [-0.3, -0.25) is 4.79 Å². The summed E-state index contributed by atoms with van der Waals surface area (Å²) in [6, 6.07) is 7.44. The highest BCUT2D eigenvalue weighted by Gasteiger charge is 2.25. The smallest absolute Gasteiger partial charge is 0.256 e. The summed E-state index contributed by atoms with van der Waals surface area (Å²) in [5, 5.41) is 2.72. The summed E-state index contributed by atoms with van der Waals surface area (Å²) >= 11 is 0. The third-order valence-corrected chi connectivity index (χ3v) is 6.90. The van der Waals surface area contributed by atoms with Gasteiger partial charge in [0.2, 0.25) is 15.8 Å². The highest BCUT2D eigenvalue weighted by Crippen LogP contribution is 2.40. The van der Waals surface area contributed by atoms with E-state index in [1.807, 2.05) is 0 Å². The van der Waals surface area contributed by atoms with Crippen LogP contribution in [0.1, 0.15) is 24.2 Å². The number of carbonyl (C=O) groups excluding carboxylic acids is 1. The van der Waals surface area contributed by atoms with E-state index >= 15 is 0 Å². The zero-order valence-corrected chi connectivity index (χ0v) is 18.7. The molecule has 9 nitrogen and oxygen atoms in total. The van der Waals surface area contributed by atoms with Crippen LogP contribution in [0.15, 0.2) is 35.2 Å². The molecule has 1 amide bonds. The summed E-state index contributed by atoms with van der Waals surface area (Å²) in [7, 11) is -0.789. The number of rotatable bonds is 8. The molecule has 1 N–H and O–H groups in total. The van der Waals surface area contributed by atoms with E-state index in [1.165, 1.54) is 42.8 Å². The number of amides is 1. The van der Waals surface area contributed by atoms with Crippen LogP contribution >= 0.6 is 0 Å². The number of carbonyl (C=O) groups is 1. The second-order valence-corrected chi connectivity index (χ2v) is 8.55. The van der Waals surface area contributed by atoms with E-state index in [9.17, 15) is 13.2 Å². The van der Waals surface area contributed by atoms with Crippen LogP contribution in [0.2, 0.25) is 0 Å².